The zero-order valence-electron chi connectivity index (χ0n) is 15.7. The van der Waals surface area contributed by atoms with Crippen LogP contribution in [0.2, 0.25) is 0 Å². The van der Waals surface area contributed by atoms with Crippen molar-refractivity contribution in [3.8, 4) is 22.5 Å². The van der Waals surface area contributed by atoms with E-state index in [-0.39, 0.29) is 6.54 Å². The summed E-state index contributed by atoms with van der Waals surface area (Å²) < 4.78 is 80.4. The number of aromatic nitrogens is 2. The number of halogens is 6. The predicted octanol–water partition coefficient (Wildman–Crippen LogP) is 6.26. The number of alkyl halides is 6. The largest absolute Gasteiger partial charge is 0.416 e. The third-order valence-corrected chi connectivity index (χ3v) is 5.40. The van der Waals surface area contributed by atoms with Crippen molar-refractivity contribution in [1.29, 1.82) is 0 Å². The lowest BCUT2D eigenvalue weighted by Crippen LogP contribution is -2.34. The minimum Gasteiger partial charge on any atom is -0.234 e. The first-order chi connectivity index (χ1) is 14.6. The average Bonchev–Trinajstić information content (AvgIpc) is 3.11. The van der Waals surface area contributed by atoms with Crippen LogP contribution in [0, 0.1) is 0 Å². The Morgan fingerprint density at radius 2 is 1.39 bits per heavy atom. The monoisotopic (exact) mass is 431 g/mol. The molecular formula is C23H13F6N2+. The van der Waals surface area contributed by atoms with E-state index in [1.165, 1.54) is 18.2 Å². The summed E-state index contributed by atoms with van der Waals surface area (Å²) >= 11 is 0. The number of benzene rings is 3. The first-order valence-electron chi connectivity index (χ1n) is 9.33. The van der Waals surface area contributed by atoms with E-state index >= 15 is 0 Å². The fraction of sp³-hybridized carbons (Fsp3) is 0.130. The summed E-state index contributed by atoms with van der Waals surface area (Å²) in [5.41, 5.74) is 2.35. The van der Waals surface area contributed by atoms with Gasteiger partial charge in [0.15, 0.2) is 6.54 Å². The zero-order chi connectivity index (χ0) is 22.0. The van der Waals surface area contributed by atoms with Crippen LogP contribution >= 0.6 is 0 Å². The Morgan fingerprint density at radius 1 is 0.742 bits per heavy atom. The van der Waals surface area contributed by atoms with Gasteiger partial charge in [0.1, 0.15) is 11.2 Å². The maximum Gasteiger partial charge on any atom is 0.416 e. The summed E-state index contributed by atoms with van der Waals surface area (Å²) in [6.45, 7) is 0.214. The quantitative estimate of drug-likeness (QED) is 0.226. The molecule has 3 aromatic carbocycles. The Balaban J connectivity index is 1.75. The zero-order valence-corrected chi connectivity index (χ0v) is 15.7. The first-order valence-corrected chi connectivity index (χ1v) is 9.33. The highest BCUT2D eigenvalue weighted by atomic mass is 19.4. The number of rotatable bonds is 1. The van der Waals surface area contributed by atoms with Gasteiger partial charge in [-0.05, 0) is 36.4 Å². The molecule has 0 atom stereocenters. The van der Waals surface area contributed by atoms with Crippen LogP contribution in [0.15, 0.2) is 66.7 Å². The van der Waals surface area contributed by atoms with Gasteiger partial charge < -0.3 is 0 Å². The fourth-order valence-electron chi connectivity index (χ4n) is 3.97. The highest BCUT2D eigenvalue weighted by Crippen LogP contribution is 2.39. The molecule has 0 unspecified atom stereocenters. The molecule has 0 fully saturated rings. The summed E-state index contributed by atoms with van der Waals surface area (Å²) in [5.74, 6) is 0. The maximum atomic E-state index is 13.2. The number of hydrogen-bond acceptors (Lipinski definition) is 1. The van der Waals surface area contributed by atoms with Crippen molar-refractivity contribution in [2.24, 2.45) is 0 Å². The molecule has 1 aliphatic rings. The van der Waals surface area contributed by atoms with E-state index in [9.17, 15) is 26.3 Å². The normalized spacial score (nSPS) is 13.4. The minimum absolute atomic E-state index is 0.214. The van der Waals surface area contributed by atoms with Gasteiger partial charge in [-0.3, -0.25) is 0 Å². The number of hydrogen-bond donors (Lipinski definition) is 0. The van der Waals surface area contributed by atoms with Crippen LogP contribution in [0.25, 0.3) is 33.5 Å². The van der Waals surface area contributed by atoms with Gasteiger partial charge >= 0.3 is 12.4 Å². The van der Waals surface area contributed by atoms with E-state index in [0.29, 0.717) is 33.6 Å². The van der Waals surface area contributed by atoms with Gasteiger partial charge in [-0.2, -0.15) is 30.9 Å². The van der Waals surface area contributed by atoms with Gasteiger partial charge in [-0.25, -0.2) is 4.98 Å². The number of fused-ring (bicyclic) bond motifs is 5. The molecule has 1 aromatic heterocycles. The van der Waals surface area contributed by atoms with Gasteiger partial charge in [0, 0.05) is 17.2 Å². The van der Waals surface area contributed by atoms with Crippen molar-refractivity contribution in [3.63, 3.8) is 0 Å². The molecule has 0 radical (unpaired) electrons. The predicted molar refractivity (Wildman–Crippen MR) is 102 cm³/mol. The second-order valence-electron chi connectivity index (χ2n) is 7.33. The van der Waals surface area contributed by atoms with E-state index < -0.39 is 23.5 Å². The van der Waals surface area contributed by atoms with Crippen molar-refractivity contribution >= 4 is 11.0 Å². The Hall–Kier alpha value is -3.42. The molecule has 8 heteroatoms. The van der Waals surface area contributed by atoms with Gasteiger partial charge in [-0.15, -0.1) is 0 Å². The van der Waals surface area contributed by atoms with Crippen LogP contribution in [0.1, 0.15) is 16.7 Å². The van der Waals surface area contributed by atoms with E-state index in [2.05, 4.69) is 4.98 Å². The standard InChI is InChI=1S/C23H13F6N2/c24-22(25,26)15-7-5-13(6-8-15)20-21-17-10-9-16(23(27,28)29)11-14(17)12-31(21)19-4-2-1-3-18(19)30-20/h1-11H,12H2/q+1. The van der Waals surface area contributed by atoms with Gasteiger partial charge in [0.05, 0.1) is 16.7 Å². The Morgan fingerprint density at radius 3 is 2.06 bits per heavy atom. The SMILES string of the molecule is FC(F)(F)c1ccc(-c2nc3ccccc3[n+]3c2-c2ccc(C(F)(F)F)cc2C3)cc1. The first kappa shape index (κ1) is 19.5. The van der Waals surface area contributed by atoms with Crippen molar-refractivity contribution in [2.45, 2.75) is 18.9 Å². The topological polar surface area (TPSA) is 16.8 Å². The lowest BCUT2D eigenvalue weighted by molar-refractivity contribution is -0.645. The Kier molecular flexibility index (Phi) is 4.12. The molecule has 2 nitrogen and oxygen atoms in total. The molecule has 31 heavy (non-hydrogen) atoms. The van der Waals surface area contributed by atoms with Crippen LogP contribution < -0.4 is 4.57 Å². The Labute approximate surface area is 172 Å². The van der Waals surface area contributed by atoms with E-state index in [1.807, 2.05) is 10.6 Å². The molecule has 156 valence electrons. The van der Waals surface area contributed by atoms with Gasteiger partial charge in [-0.1, -0.05) is 24.3 Å². The van der Waals surface area contributed by atoms with E-state index in [1.54, 1.807) is 18.2 Å². The van der Waals surface area contributed by atoms with E-state index in [0.717, 1.165) is 29.8 Å². The molecule has 5 rings (SSSR count). The molecule has 0 saturated carbocycles. The smallest absolute Gasteiger partial charge is 0.234 e. The molecule has 0 bridgehead atoms. The third kappa shape index (κ3) is 3.22. The number of para-hydroxylation sites is 2. The van der Waals surface area contributed by atoms with Crippen LogP contribution in [-0.2, 0) is 18.9 Å². The molecular weight excluding hydrogens is 418 g/mol. The molecule has 0 spiro atoms. The van der Waals surface area contributed by atoms with Crippen molar-refractivity contribution in [1.82, 2.24) is 4.98 Å². The van der Waals surface area contributed by atoms with Gasteiger partial charge in [0.2, 0.25) is 11.2 Å². The van der Waals surface area contributed by atoms with Crippen LogP contribution in [0.5, 0.6) is 0 Å². The van der Waals surface area contributed by atoms with Crippen LogP contribution in [0.3, 0.4) is 0 Å². The highest BCUT2D eigenvalue weighted by Gasteiger charge is 2.37. The number of nitrogens with zero attached hydrogens (tertiary/aromatic N) is 2. The molecule has 2 heterocycles. The molecule has 0 N–H and O–H groups in total. The van der Waals surface area contributed by atoms with Crippen LogP contribution in [-0.4, -0.2) is 4.98 Å². The molecule has 0 saturated heterocycles. The van der Waals surface area contributed by atoms with Crippen LogP contribution in [0.4, 0.5) is 26.3 Å². The fourth-order valence-corrected chi connectivity index (χ4v) is 3.97. The second kappa shape index (κ2) is 6.54. The molecule has 4 aromatic rings. The molecule has 0 aliphatic carbocycles. The molecule has 0 amide bonds. The summed E-state index contributed by atoms with van der Waals surface area (Å²) in [5, 5.41) is 0. The summed E-state index contributed by atoms with van der Waals surface area (Å²) in [7, 11) is 0. The van der Waals surface area contributed by atoms with E-state index in [4.69, 9.17) is 0 Å². The van der Waals surface area contributed by atoms with Crippen molar-refractivity contribution in [2.75, 3.05) is 0 Å². The van der Waals surface area contributed by atoms with Crippen molar-refractivity contribution < 1.29 is 30.9 Å². The lowest BCUT2D eigenvalue weighted by atomic mass is 9.99. The average molecular weight is 431 g/mol. The highest BCUT2D eigenvalue weighted by molar-refractivity contribution is 5.84. The third-order valence-electron chi connectivity index (χ3n) is 5.40. The van der Waals surface area contributed by atoms with Crippen molar-refractivity contribution in [3.05, 3.63) is 83.4 Å². The molecule has 1 aliphatic heterocycles. The second-order valence-corrected chi connectivity index (χ2v) is 7.33. The maximum absolute atomic E-state index is 13.2. The minimum atomic E-state index is -4.47. The Bertz CT molecular complexity index is 1320. The summed E-state index contributed by atoms with van der Waals surface area (Å²) in [6, 6.07) is 15.3. The summed E-state index contributed by atoms with van der Waals surface area (Å²) in [4.78, 5) is 4.65. The van der Waals surface area contributed by atoms with Gasteiger partial charge in [0.25, 0.3) is 0 Å². The lowest BCUT2D eigenvalue weighted by Gasteiger charge is -2.10. The summed E-state index contributed by atoms with van der Waals surface area (Å²) in [6.07, 6.45) is -8.93.